The Morgan fingerprint density at radius 2 is 1.47 bits per heavy atom. The Morgan fingerprint density at radius 3 is 1.94 bits per heavy atom. The maximum atomic E-state index is 5.71. The van der Waals surface area contributed by atoms with Crippen molar-refractivity contribution in [1.82, 2.24) is 0 Å². The van der Waals surface area contributed by atoms with Crippen molar-refractivity contribution >= 4 is 5.69 Å². The summed E-state index contributed by atoms with van der Waals surface area (Å²) in [5.41, 5.74) is 4.74. The molecule has 0 fully saturated rings. The molecule has 0 aliphatic carbocycles. The van der Waals surface area contributed by atoms with E-state index in [9.17, 15) is 0 Å². The average molecular weight is 228 g/mol. The van der Waals surface area contributed by atoms with E-state index in [0.717, 1.165) is 23.6 Å². The second kappa shape index (κ2) is 5.37. The number of nitrogen functional groups attached to an aromatic ring is 1. The van der Waals surface area contributed by atoms with Gasteiger partial charge in [0.05, 0.1) is 0 Å². The van der Waals surface area contributed by atoms with Crippen LogP contribution in [0.3, 0.4) is 0 Å². The summed E-state index contributed by atoms with van der Waals surface area (Å²) in [6, 6.07) is 15.6. The molecule has 0 spiro atoms. The molecule has 88 valence electrons. The van der Waals surface area contributed by atoms with E-state index in [1.54, 1.807) is 0 Å². The number of ether oxygens (including phenoxy) is 1. The molecule has 0 radical (unpaired) electrons. The summed E-state index contributed by atoms with van der Waals surface area (Å²) in [5.74, 6) is 6.94. The summed E-state index contributed by atoms with van der Waals surface area (Å²) in [7, 11) is 0. The molecule has 0 bridgehead atoms. The number of hydrazine groups is 1. The zero-order valence-electron chi connectivity index (χ0n) is 9.81. The monoisotopic (exact) mass is 228 g/mol. The lowest BCUT2D eigenvalue weighted by atomic mass is 10.2. The lowest BCUT2D eigenvalue weighted by Crippen LogP contribution is -2.05. The lowest BCUT2D eigenvalue weighted by Gasteiger charge is -2.07. The van der Waals surface area contributed by atoms with Gasteiger partial charge in [0, 0.05) is 5.69 Å². The molecule has 0 heterocycles. The van der Waals surface area contributed by atoms with Crippen molar-refractivity contribution in [2.45, 2.75) is 13.3 Å². The minimum absolute atomic E-state index is 0.799. The van der Waals surface area contributed by atoms with Crippen LogP contribution in [0.15, 0.2) is 48.5 Å². The first-order valence-electron chi connectivity index (χ1n) is 5.65. The maximum Gasteiger partial charge on any atom is 0.127 e. The molecule has 0 unspecified atom stereocenters. The van der Waals surface area contributed by atoms with Crippen molar-refractivity contribution in [3.63, 3.8) is 0 Å². The highest BCUT2D eigenvalue weighted by Crippen LogP contribution is 2.23. The first kappa shape index (κ1) is 11.5. The summed E-state index contributed by atoms with van der Waals surface area (Å²) in [6.07, 6.45) is 1.04. The van der Waals surface area contributed by atoms with Crippen LogP contribution in [-0.4, -0.2) is 0 Å². The quantitative estimate of drug-likeness (QED) is 0.623. The van der Waals surface area contributed by atoms with Crippen LogP contribution in [0, 0.1) is 0 Å². The average Bonchev–Trinajstić information content (AvgIpc) is 2.40. The van der Waals surface area contributed by atoms with Gasteiger partial charge < -0.3 is 10.2 Å². The highest BCUT2D eigenvalue weighted by Gasteiger charge is 1.97. The zero-order chi connectivity index (χ0) is 12.1. The molecule has 0 saturated heterocycles. The third kappa shape index (κ3) is 2.98. The summed E-state index contributed by atoms with van der Waals surface area (Å²) >= 11 is 0. The van der Waals surface area contributed by atoms with Gasteiger partial charge in [-0.15, -0.1) is 0 Å². The summed E-state index contributed by atoms with van der Waals surface area (Å²) in [4.78, 5) is 0. The predicted molar refractivity (Wildman–Crippen MR) is 70.1 cm³/mol. The number of rotatable bonds is 4. The molecular formula is C14H16N2O. The fourth-order valence-electron chi connectivity index (χ4n) is 1.55. The van der Waals surface area contributed by atoms with Crippen LogP contribution in [-0.2, 0) is 6.42 Å². The maximum absolute atomic E-state index is 5.71. The Morgan fingerprint density at radius 1 is 0.941 bits per heavy atom. The van der Waals surface area contributed by atoms with Gasteiger partial charge >= 0.3 is 0 Å². The van der Waals surface area contributed by atoms with Gasteiger partial charge in [0.15, 0.2) is 0 Å². The van der Waals surface area contributed by atoms with E-state index in [1.807, 2.05) is 36.4 Å². The third-order valence-corrected chi connectivity index (χ3v) is 2.59. The summed E-state index contributed by atoms with van der Waals surface area (Å²) in [5, 5.41) is 0. The van der Waals surface area contributed by atoms with Crippen molar-refractivity contribution in [2.24, 2.45) is 5.84 Å². The van der Waals surface area contributed by atoms with Gasteiger partial charge in [0.2, 0.25) is 0 Å². The second-order valence-electron chi connectivity index (χ2n) is 3.77. The van der Waals surface area contributed by atoms with E-state index in [4.69, 9.17) is 10.6 Å². The smallest absolute Gasteiger partial charge is 0.127 e. The molecule has 0 aliphatic heterocycles. The van der Waals surface area contributed by atoms with Crippen molar-refractivity contribution in [3.05, 3.63) is 54.1 Å². The molecule has 2 rings (SSSR count). The molecule has 2 aromatic rings. The predicted octanol–water partition coefficient (Wildman–Crippen LogP) is 3.33. The van der Waals surface area contributed by atoms with Crippen LogP contribution in [0.25, 0.3) is 0 Å². The first-order valence-corrected chi connectivity index (χ1v) is 5.65. The number of hydrogen-bond donors (Lipinski definition) is 2. The van der Waals surface area contributed by atoms with Gasteiger partial charge in [-0.1, -0.05) is 19.1 Å². The standard InChI is InChI=1S/C14H16N2O/c1-2-11-3-7-13(8-4-11)17-14-9-5-12(16-15)6-10-14/h3-10,16H,2,15H2,1H3. The molecule has 0 saturated carbocycles. The Kier molecular flexibility index (Phi) is 3.62. The van der Waals surface area contributed by atoms with Crippen molar-refractivity contribution in [2.75, 3.05) is 5.43 Å². The van der Waals surface area contributed by atoms with Crippen molar-refractivity contribution in [1.29, 1.82) is 0 Å². The zero-order valence-corrected chi connectivity index (χ0v) is 9.81. The number of hydrogen-bond acceptors (Lipinski definition) is 3. The topological polar surface area (TPSA) is 47.3 Å². The highest BCUT2D eigenvalue weighted by molar-refractivity contribution is 5.46. The van der Waals surface area contributed by atoms with E-state index in [1.165, 1.54) is 5.56 Å². The largest absolute Gasteiger partial charge is 0.457 e. The van der Waals surface area contributed by atoms with Gasteiger partial charge in [-0.05, 0) is 48.4 Å². The highest BCUT2D eigenvalue weighted by atomic mass is 16.5. The van der Waals surface area contributed by atoms with E-state index < -0.39 is 0 Å². The SMILES string of the molecule is CCc1ccc(Oc2ccc(NN)cc2)cc1. The Balaban J connectivity index is 2.08. The van der Waals surface area contributed by atoms with Gasteiger partial charge in [-0.3, -0.25) is 5.84 Å². The normalized spacial score (nSPS) is 10.0. The Bertz CT molecular complexity index is 417. The number of anilines is 1. The van der Waals surface area contributed by atoms with E-state index in [2.05, 4.69) is 24.5 Å². The van der Waals surface area contributed by atoms with Crippen LogP contribution in [0.5, 0.6) is 11.5 Å². The van der Waals surface area contributed by atoms with Gasteiger partial charge in [0.1, 0.15) is 11.5 Å². The van der Waals surface area contributed by atoms with E-state index in [-0.39, 0.29) is 0 Å². The minimum atomic E-state index is 0.799. The van der Waals surface area contributed by atoms with Gasteiger partial charge in [-0.2, -0.15) is 0 Å². The number of aryl methyl sites for hydroxylation is 1. The number of benzene rings is 2. The van der Waals surface area contributed by atoms with Crippen LogP contribution in [0.1, 0.15) is 12.5 Å². The molecule has 0 atom stereocenters. The molecular weight excluding hydrogens is 212 g/mol. The summed E-state index contributed by atoms with van der Waals surface area (Å²) < 4.78 is 5.71. The molecule has 17 heavy (non-hydrogen) atoms. The molecule has 3 heteroatoms. The first-order chi connectivity index (χ1) is 8.31. The van der Waals surface area contributed by atoms with Crippen LogP contribution >= 0.6 is 0 Å². The lowest BCUT2D eigenvalue weighted by molar-refractivity contribution is 0.482. The number of nitrogens with one attached hydrogen (secondary N) is 1. The Labute approximate surface area is 101 Å². The fourth-order valence-corrected chi connectivity index (χ4v) is 1.55. The second-order valence-corrected chi connectivity index (χ2v) is 3.77. The minimum Gasteiger partial charge on any atom is -0.457 e. The Hall–Kier alpha value is -2.00. The van der Waals surface area contributed by atoms with Crippen molar-refractivity contribution in [3.8, 4) is 11.5 Å². The molecule has 0 amide bonds. The van der Waals surface area contributed by atoms with Crippen LogP contribution < -0.4 is 16.0 Å². The fraction of sp³-hybridized carbons (Fsp3) is 0.143. The van der Waals surface area contributed by atoms with E-state index >= 15 is 0 Å². The molecule has 0 aliphatic rings. The van der Waals surface area contributed by atoms with Crippen LogP contribution in [0.2, 0.25) is 0 Å². The van der Waals surface area contributed by atoms with Crippen LogP contribution in [0.4, 0.5) is 5.69 Å². The molecule has 2 aromatic carbocycles. The van der Waals surface area contributed by atoms with Gasteiger partial charge in [-0.25, -0.2) is 0 Å². The summed E-state index contributed by atoms with van der Waals surface area (Å²) in [6.45, 7) is 2.13. The van der Waals surface area contributed by atoms with E-state index in [0.29, 0.717) is 0 Å². The molecule has 0 aromatic heterocycles. The third-order valence-electron chi connectivity index (χ3n) is 2.59. The number of nitrogens with two attached hydrogens (primary N) is 1. The van der Waals surface area contributed by atoms with Crippen molar-refractivity contribution < 1.29 is 4.74 Å². The molecule has 3 N–H and O–H groups in total. The van der Waals surface area contributed by atoms with Gasteiger partial charge in [0.25, 0.3) is 0 Å². The molecule has 3 nitrogen and oxygen atoms in total.